The predicted octanol–water partition coefficient (Wildman–Crippen LogP) is 1.28. The second-order valence-corrected chi connectivity index (χ2v) is 3.89. The molecular formula is C11H16N6O. The van der Waals surface area contributed by atoms with Gasteiger partial charge in [0.15, 0.2) is 0 Å². The third-order valence-electron chi connectivity index (χ3n) is 1.99. The van der Waals surface area contributed by atoms with Gasteiger partial charge in [-0.3, -0.25) is 0 Å². The number of nitrogens with zero attached hydrogens (tertiary/aromatic N) is 5. The number of aromatic nitrogens is 5. The van der Waals surface area contributed by atoms with Gasteiger partial charge in [0.05, 0.1) is 6.10 Å². The number of anilines is 1. The van der Waals surface area contributed by atoms with E-state index in [4.69, 9.17) is 4.74 Å². The Balaban J connectivity index is 2.36. The molecule has 0 aliphatic carbocycles. The molecule has 0 bridgehead atoms. The molecule has 0 aromatic carbocycles. The monoisotopic (exact) mass is 248 g/mol. The molecule has 0 unspecified atom stereocenters. The van der Waals surface area contributed by atoms with E-state index in [1.807, 2.05) is 20.8 Å². The molecule has 0 fully saturated rings. The predicted molar refractivity (Wildman–Crippen MR) is 66.9 cm³/mol. The third kappa shape index (κ3) is 2.93. The van der Waals surface area contributed by atoms with Crippen molar-refractivity contribution in [2.45, 2.75) is 26.9 Å². The average molecular weight is 248 g/mol. The fourth-order valence-electron chi connectivity index (χ4n) is 1.34. The molecule has 2 heterocycles. The fraction of sp³-hybridized carbons (Fsp3) is 0.455. The summed E-state index contributed by atoms with van der Waals surface area (Å²) < 4.78 is 7.06. The van der Waals surface area contributed by atoms with E-state index >= 15 is 0 Å². The molecule has 0 saturated heterocycles. The van der Waals surface area contributed by atoms with E-state index < -0.39 is 0 Å². The molecule has 1 N–H and O–H groups in total. The van der Waals surface area contributed by atoms with Crippen LogP contribution in [-0.4, -0.2) is 37.4 Å². The molecule has 96 valence electrons. The first-order valence-electron chi connectivity index (χ1n) is 5.85. The summed E-state index contributed by atoms with van der Waals surface area (Å²) in [5, 5.41) is 7.13. The lowest BCUT2D eigenvalue weighted by Crippen LogP contribution is -2.14. The van der Waals surface area contributed by atoms with Gasteiger partial charge < -0.3 is 10.1 Å². The Morgan fingerprint density at radius 2 is 2.17 bits per heavy atom. The zero-order chi connectivity index (χ0) is 13.0. The first-order valence-corrected chi connectivity index (χ1v) is 5.85. The summed E-state index contributed by atoms with van der Waals surface area (Å²) >= 11 is 0. The van der Waals surface area contributed by atoms with Crippen molar-refractivity contribution in [3.8, 4) is 12.0 Å². The molecule has 7 heteroatoms. The van der Waals surface area contributed by atoms with Gasteiger partial charge in [0.25, 0.3) is 5.95 Å². The van der Waals surface area contributed by atoms with E-state index in [0.29, 0.717) is 17.9 Å². The molecule has 0 radical (unpaired) electrons. The maximum Gasteiger partial charge on any atom is 0.323 e. The number of nitrogens with one attached hydrogen (secondary N) is 1. The van der Waals surface area contributed by atoms with Crippen molar-refractivity contribution in [2.24, 2.45) is 0 Å². The van der Waals surface area contributed by atoms with Crippen LogP contribution >= 0.6 is 0 Å². The molecule has 0 spiro atoms. The van der Waals surface area contributed by atoms with Crippen LogP contribution < -0.4 is 10.1 Å². The van der Waals surface area contributed by atoms with Crippen LogP contribution in [0.2, 0.25) is 0 Å². The van der Waals surface area contributed by atoms with Crippen molar-refractivity contribution in [3.05, 3.63) is 18.5 Å². The quantitative estimate of drug-likeness (QED) is 0.858. The van der Waals surface area contributed by atoms with Gasteiger partial charge in [0, 0.05) is 18.9 Å². The van der Waals surface area contributed by atoms with Gasteiger partial charge in [-0.25, -0.2) is 4.68 Å². The first kappa shape index (κ1) is 12.3. The van der Waals surface area contributed by atoms with Gasteiger partial charge >= 0.3 is 6.01 Å². The average Bonchev–Trinajstić information content (AvgIpc) is 2.81. The zero-order valence-electron chi connectivity index (χ0n) is 10.7. The second-order valence-electron chi connectivity index (χ2n) is 3.89. The highest BCUT2D eigenvalue weighted by Crippen LogP contribution is 2.11. The molecule has 0 saturated carbocycles. The van der Waals surface area contributed by atoms with Crippen LogP contribution in [0.25, 0.3) is 5.95 Å². The van der Waals surface area contributed by atoms with Gasteiger partial charge in [-0.2, -0.15) is 20.1 Å². The summed E-state index contributed by atoms with van der Waals surface area (Å²) in [4.78, 5) is 12.7. The van der Waals surface area contributed by atoms with Crippen LogP contribution in [0.15, 0.2) is 18.5 Å². The Morgan fingerprint density at radius 3 is 2.78 bits per heavy atom. The number of rotatable bonds is 5. The second kappa shape index (κ2) is 5.44. The van der Waals surface area contributed by atoms with Crippen LogP contribution in [-0.2, 0) is 0 Å². The summed E-state index contributed by atoms with van der Waals surface area (Å²) in [5.74, 6) is 0.912. The number of ether oxygens (including phenoxy) is 1. The van der Waals surface area contributed by atoms with Crippen molar-refractivity contribution in [1.29, 1.82) is 0 Å². The largest absolute Gasteiger partial charge is 0.461 e. The van der Waals surface area contributed by atoms with Gasteiger partial charge in [0.1, 0.15) is 0 Å². The van der Waals surface area contributed by atoms with E-state index in [0.717, 1.165) is 6.54 Å². The molecule has 0 aliphatic heterocycles. The van der Waals surface area contributed by atoms with Gasteiger partial charge in [-0.05, 0) is 26.8 Å². The van der Waals surface area contributed by atoms with Crippen molar-refractivity contribution in [2.75, 3.05) is 11.9 Å². The minimum atomic E-state index is 0.00680. The minimum Gasteiger partial charge on any atom is -0.461 e. The molecule has 7 nitrogen and oxygen atoms in total. The van der Waals surface area contributed by atoms with Crippen LogP contribution in [0, 0.1) is 0 Å². The zero-order valence-corrected chi connectivity index (χ0v) is 10.7. The first-order chi connectivity index (χ1) is 8.69. The van der Waals surface area contributed by atoms with Gasteiger partial charge in [-0.1, -0.05) is 0 Å². The van der Waals surface area contributed by atoms with E-state index in [1.54, 1.807) is 23.1 Å². The van der Waals surface area contributed by atoms with Crippen molar-refractivity contribution < 1.29 is 4.74 Å². The van der Waals surface area contributed by atoms with Crippen molar-refractivity contribution >= 4 is 5.95 Å². The molecule has 0 amide bonds. The molecule has 2 aromatic heterocycles. The molecule has 2 rings (SSSR count). The van der Waals surface area contributed by atoms with Crippen molar-refractivity contribution in [1.82, 2.24) is 24.7 Å². The van der Waals surface area contributed by atoms with Crippen LogP contribution in [0.1, 0.15) is 20.8 Å². The Morgan fingerprint density at radius 1 is 1.33 bits per heavy atom. The SMILES string of the molecule is CCNc1nc(OC(C)C)nc(-n2cccn2)n1. The Hall–Kier alpha value is -2.18. The molecule has 2 aromatic rings. The lowest BCUT2D eigenvalue weighted by molar-refractivity contribution is 0.221. The lowest BCUT2D eigenvalue weighted by atomic mass is 10.5. The molecule has 18 heavy (non-hydrogen) atoms. The van der Waals surface area contributed by atoms with Crippen LogP contribution in [0.3, 0.4) is 0 Å². The van der Waals surface area contributed by atoms with Crippen LogP contribution in [0.4, 0.5) is 5.95 Å². The van der Waals surface area contributed by atoms with E-state index in [1.165, 1.54) is 0 Å². The van der Waals surface area contributed by atoms with Gasteiger partial charge in [-0.15, -0.1) is 0 Å². The molecule has 0 aliphatic rings. The standard InChI is InChI=1S/C11H16N6O/c1-4-12-9-14-10(17-7-5-6-13-17)16-11(15-9)18-8(2)3/h5-8H,4H2,1-3H3,(H,12,14,15,16). The Kier molecular flexibility index (Phi) is 3.71. The molecule has 0 atom stereocenters. The maximum absolute atomic E-state index is 5.50. The summed E-state index contributed by atoms with van der Waals surface area (Å²) in [6.45, 7) is 6.54. The summed E-state index contributed by atoms with van der Waals surface area (Å²) in [5.41, 5.74) is 0. The summed E-state index contributed by atoms with van der Waals surface area (Å²) in [6, 6.07) is 2.10. The third-order valence-corrected chi connectivity index (χ3v) is 1.99. The van der Waals surface area contributed by atoms with Crippen LogP contribution in [0.5, 0.6) is 6.01 Å². The van der Waals surface area contributed by atoms with Crippen molar-refractivity contribution in [3.63, 3.8) is 0 Å². The minimum absolute atomic E-state index is 0.00680. The highest BCUT2D eigenvalue weighted by Gasteiger charge is 2.10. The Labute approximate surface area is 105 Å². The van der Waals surface area contributed by atoms with E-state index in [9.17, 15) is 0 Å². The summed E-state index contributed by atoms with van der Waals surface area (Å²) in [7, 11) is 0. The normalized spacial score (nSPS) is 10.7. The highest BCUT2D eigenvalue weighted by atomic mass is 16.5. The highest BCUT2D eigenvalue weighted by molar-refractivity contribution is 5.29. The van der Waals surface area contributed by atoms with Gasteiger partial charge in [0.2, 0.25) is 5.95 Å². The molecular weight excluding hydrogens is 232 g/mol. The Bertz CT molecular complexity index is 496. The maximum atomic E-state index is 5.50. The number of hydrogen-bond donors (Lipinski definition) is 1. The lowest BCUT2D eigenvalue weighted by Gasteiger charge is -2.10. The summed E-state index contributed by atoms with van der Waals surface area (Å²) in [6.07, 6.45) is 3.44. The topological polar surface area (TPSA) is 77.8 Å². The fourth-order valence-corrected chi connectivity index (χ4v) is 1.34. The van der Waals surface area contributed by atoms with E-state index in [2.05, 4.69) is 25.4 Å². The number of hydrogen-bond acceptors (Lipinski definition) is 6. The smallest absolute Gasteiger partial charge is 0.323 e. The van der Waals surface area contributed by atoms with E-state index in [-0.39, 0.29) is 6.10 Å².